The van der Waals surface area contributed by atoms with Crippen molar-refractivity contribution in [2.75, 3.05) is 25.0 Å². The molecule has 4 heteroatoms. The summed E-state index contributed by atoms with van der Waals surface area (Å²) < 4.78 is 13.2. The molecule has 2 aliphatic rings. The first-order chi connectivity index (χ1) is 9.19. The number of nitrogens with zero attached hydrogens (tertiary/aromatic N) is 3. The third-order valence-electron chi connectivity index (χ3n) is 4.57. The van der Waals surface area contributed by atoms with Crippen LogP contribution in [-0.4, -0.2) is 37.1 Å². The van der Waals surface area contributed by atoms with Crippen LogP contribution in [0.25, 0.3) is 0 Å². The quantitative estimate of drug-likeness (QED) is 0.775. The van der Waals surface area contributed by atoms with Crippen LogP contribution < -0.4 is 4.90 Å². The van der Waals surface area contributed by atoms with Crippen molar-refractivity contribution in [3.05, 3.63) is 29.6 Å². The number of likely N-dealkylation sites (N-methyl/N-ethyl adjacent to an activating group) is 1. The molecule has 0 saturated carbocycles. The molecule has 1 aromatic rings. The Balaban J connectivity index is 1.89. The first kappa shape index (κ1) is 12.4. The zero-order valence-corrected chi connectivity index (χ0v) is 11.1. The minimum atomic E-state index is -0.339. The third kappa shape index (κ3) is 2.19. The molecule has 0 amide bonds. The van der Waals surface area contributed by atoms with Crippen LogP contribution in [0.15, 0.2) is 18.2 Å². The molecule has 0 spiro atoms. The fraction of sp³-hybridized carbons (Fsp3) is 0.533. The monoisotopic (exact) mass is 259 g/mol. The van der Waals surface area contributed by atoms with Crippen molar-refractivity contribution in [1.29, 1.82) is 5.26 Å². The summed E-state index contributed by atoms with van der Waals surface area (Å²) in [7, 11) is 2.20. The van der Waals surface area contributed by atoms with Gasteiger partial charge in [0.15, 0.2) is 0 Å². The van der Waals surface area contributed by atoms with Crippen molar-refractivity contribution in [3.63, 3.8) is 0 Å². The number of nitriles is 1. The number of halogens is 1. The first-order valence-corrected chi connectivity index (χ1v) is 6.85. The van der Waals surface area contributed by atoms with Crippen molar-refractivity contribution >= 4 is 5.69 Å². The van der Waals surface area contributed by atoms with Gasteiger partial charge in [0.05, 0.1) is 11.3 Å². The van der Waals surface area contributed by atoms with E-state index in [0.717, 1.165) is 25.2 Å². The molecule has 3 rings (SSSR count). The fourth-order valence-corrected chi connectivity index (χ4v) is 3.40. The normalized spacial score (nSPS) is 27.1. The van der Waals surface area contributed by atoms with Gasteiger partial charge in [-0.1, -0.05) is 0 Å². The summed E-state index contributed by atoms with van der Waals surface area (Å²) in [5.41, 5.74) is 1.32. The summed E-state index contributed by atoms with van der Waals surface area (Å²) in [6.07, 6.45) is 3.62. The second kappa shape index (κ2) is 4.82. The van der Waals surface area contributed by atoms with Crippen LogP contribution in [0.1, 0.15) is 24.8 Å². The van der Waals surface area contributed by atoms with Gasteiger partial charge >= 0.3 is 0 Å². The van der Waals surface area contributed by atoms with Crippen LogP contribution in [0.3, 0.4) is 0 Å². The lowest BCUT2D eigenvalue weighted by molar-refractivity contribution is 0.254. The van der Waals surface area contributed by atoms with Crippen LogP contribution in [0, 0.1) is 17.1 Å². The third-order valence-corrected chi connectivity index (χ3v) is 4.57. The molecule has 100 valence electrons. The number of rotatable bonds is 1. The summed E-state index contributed by atoms with van der Waals surface area (Å²) >= 11 is 0. The van der Waals surface area contributed by atoms with E-state index < -0.39 is 0 Å². The molecule has 2 bridgehead atoms. The molecule has 2 fully saturated rings. The molecule has 3 nitrogen and oxygen atoms in total. The molecule has 0 aliphatic carbocycles. The van der Waals surface area contributed by atoms with E-state index in [4.69, 9.17) is 0 Å². The first-order valence-electron chi connectivity index (χ1n) is 6.85. The van der Waals surface area contributed by atoms with Gasteiger partial charge in [-0.3, -0.25) is 4.90 Å². The van der Waals surface area contributed by atoms with Gasteiger partial charge in [-0.2, -0.15) is 5.26 Å². The Morgan fingerprint density at radius 1 is 1.26 bits per heavy atom. The maximum absolute atomic E-state index is 13.2. The van der Waals surface area contributed by atoms with E-state index in [1.54, 1.807) is 6.07 Å². The Bertz CT molecular complexity index is 523. The largest absolute Gasteiger partial charge is 0.369 e. The molecule has 2 saturated heterocycles. The Morgan fingerprint density at radius 2 is 2.05 bits per heavy atom. The second-order valence-electron chi connectivity index (χ2n) is 5.56. The maximum atomic E-state index is 13.2. The number of fused-ring (bicyclic) bond motifs is 2. The molecule has 2 unspecified atom stereocenters. The molecule has 1 aromatic carbocycles. The summed E-state index contributed by atoms with van der Waals surface area (Å²) in [6, 6.07) is 7.87. The molecule has 2 atom stereocenters. The maximum Gasteiger partial charge on any atom is 0.124 e. The highest BCUT2D eigenvalue weighted by molar-refractivity contribution is 5.59. The lowest BCUT2D eigenvalue weighted by Gasteiger charge is -2.28. The summed E-state index contributed by atoms with van der Waals surface area (Å²) in [4.78, 5) is 4.72. The summed E-state index contributed by atoms with van der Waals surface area (Å²) in [5.74, 6) is -0.339. The Hall–Kier alpha value is -1.60. The molecular formula is C15H18FN3. The number of hydrogen-bond donors (Lipinski definition) is 0. The van der Waals surface area contributed by atoms with E-state index in [1.165, 1.54) is 25.0 Å². The highest BCUT2D eigenvalue weighted by atomic mass is 19.1. The molecule has 2 heterocycles. The highest BCUT2D eigenvalue weighted by Gasteiger charge is 2.35. The number of anilines is 1. The molecule has 0 N–H and O–H groups in total. The molecule has 2 aliphatic heterocycles. The average Bonchev–Trinajstić information content (AvgIpc) is 2.64. The minimum Gasteiger partial charge on any atom is -0.369 e. The van der Waals surface area contributed by atoms with Crippen LogP contribution in [0.4, 0.5) is 10.1 Å². The molecule has 0 radical (unpaired) electrons. The van der Waals surface area contributed by atoms with Gasteiger partial charge in [0.2, 0.25) is 0 Å². The van der Waals surface area contributed by atoms with Crippen LogP contribution in [0.2, 0.25) is 0 Å². The summed E-state index contributed by atoms with van der Waals surface area (Å²) in [6.45, 7) is 1.89. The smallest absolute Gasteiger partial charge is 0.124 e. The van der Waals surface area contributed by atoms with Crippen molar-refractivity contribution in [3.8, 4) is 6.07 Å². The number of hydrogen-bond acceptors (Lipinski definition) is 3. The van der Waals surface area contributed by atoms with Crippen molar-refractivity contribution in [2.45, 2.75) is 31.3 Å². The second-order valence-corrected chi connectivity index (χ2v) is 5.56. The van der Waals surface area contributed by atoms with Crippen LogP contribution in [-0.2, 0) is 0 Å². The summed E-state index contributed by atoms with van der Waals surface area (Å²) in [5, 5.41) is 9.17. The molecule has 19 heavy (non-hydrogen) atoms. The van der Waals surface area contributed by atoms with Gasteiger partial charge in [0, 0.05) is 25.2 Å². The van der Waals surface area contributed by atoms with Crippen molar-refractivity contribution in [1.82, 2.24) is 4.90 Å². The van der Waals surface area contributed by atoms with Gasteiger partial charge in [-0.25, -0.2) is 4.39 Å². The fourth-order valence-electron chi connectivity index (χ4n) is 3.40. The van der Waals surface area contributed by atoms with E-state index in [9.17, 15) is 9.65 Å². The van der Waals surface area contributed by atoms with Gasteiger partial charge in [-0.05, 0) is 44.5 Å². The predicted octanol–water partition coefficient (Wildman–Crippen LogP) is 2.37. The highest BCUT2D eigenvalue weighted by Crippen LogP contribution is 2.31. The lowest BCUT2D eigenvalue weighted by atomic mass is 10.1. The Kier molecular flexibility index (Phi) is 3.16. The van der Waals surface area contributed by atoms with E-state index in [1.807, 2.05) is 0 Å². The van der Waals surface area contributed by atoms with E-state index >= 15 is 0 Å². The van der Waals surface area contributed by atoms with E-state index in [0.29, 0.717) is 17.6 Å². The number of benzene rings is 1. The minimum absolute atomic E-state index is 0.339. The average molecular weight is 259 g/mol. The van der Waals surface area contributed by atoms with Gasteiger partial charge in [-0.15, -0.1) is 0 Å². The topological polar surface area (TPSA) is 30.3 Å². The van der Waals surface area contributed by atoms with E-state index in [2.05, 4.69) is 22.9 Å². The van der Waals surface area contributed by atoms with Crippen LogP contribution in [0.5, 0.6) is 0 Å². The van der Waals surface area contributed by atoms with Crippen LogP contribution >= 0.6 is 0 Å². The Labute approximate surface area is 113 Å². The SMILES string of the molecule is CN1C2CCC1CN(c1ccc(F)cc1C#N)CC2. The van der Waals surface area contributed by atoms with Gasteiger partial charge in [0.1, 0.15) is 11.9 Å². The zero-order valence-electron chi connectivity index (χ0n) is 11.1. The van der Waals surface area contributed by atoms with E-state index in [-0.39, 0.29) is 5.82 Å². The van der Waals surface area contributed by atoms with Crippen molar-refractivity contribution in [2.24, 2.45) is 0 Å². The predicted molar refractivity (Wildman–Crippen MR) is 72.5 cm³/mol. The van der Waals surface area contributed by atoms with Gasteiger partial charge in [0.25, 0.3) is 0 Å². The van der Waals surface area contributed by atoms with Gasteiger partial charge < -0.3 is 4.90 Å². The molecular weight excluding hydrogens is 241 g/mol. The Morgan fingerprint density at radius 3 is 2.84 bits per heavy atom. The zero-order chi connectivity index (χ0) is 13.4. The standard InChI is InChI=1S/C15H18FN3/c1-18-13-3-4-14(18)10-19(7-6-13)15-5-2-12(16)8-11(15)9-17/h2,5,8,13-14H,3-4,6-7,10H2,1H3. The molecule has 0 aromatic heterocycles. The lowest BCUT2D eigenvalue weighted by Crippen LogP contribution is -2.36. The van der Waals surface area contributed by atoms with Crippen molar-refractivity contribution < 1.29 is 4.39 Å².